The fraction of sp³-hybridized carbons (Fsp3) is 0.100. The Kier molecular flexibility index (Phi) is 3.22. The molecule has 0 aliphatic carbocycles. The van der Waals surface area contributed by atoms with E-state index < -0.39 is 0 Å². The summed E-state index contributed by atoms with van der Waals surface area (Å²) in [6.07, 6.45) is 2.20. The number of nitrogens with zero attached hydrogens (tertiary/aromatic N) is 3. The van der Waals surface area contributed by atoms with Crippen LogP contribution in [0.4, 0.5) is 0 Å². The third-order valence-electron chi connectivity index (χ3n) is 2.02. The molecule has 0 unspecified atom stereocenters. The molecule has 0 atom stereocenters. The van der Waals surface area contributed by atoms with Crippen LogP contribution in [-0.2, 0) is 6.54 Å². The molecule has 1 aromatic heterocycles. The lowest BCUT2D eigenvalue weighted by Crippen LogP contribution is -2.01. The monoisotopic (exact) mass is 255 g/mol. The SMILES string of the molecule is O=Cc1cn(Cc2ccc(Cl)cc2Cl)nn1. The molecule has 6 heteroatoms. The van der Waals surface area contributed by atoms with Crippen molar-refractivity contribution in [1.29, 1.82) is 0 Å². The molecule has 82 valence electrons. The molecule has 0 N–H and O–H groups in total. The van der Waals surface area contributed by atoms with Gasteiger partial charge in [0, 0.05) is 10.0 Å². The van der Waals surface area contributed by atoms with Crippen LogP contribution in [0.1, 0.15) is 16.1 Å². The van der Waals surface area contributed by atoms with Gasteiger partial charge < -0.3 is 0 Å². The largest absolute Gasteiger partial charge is 0.296 e. The molecule has 0 fully saturated rings. The molecule has 1 aromatic carbocycles. The molecule has 0 saturated carbocycles. The Morgan fingerprint density at radius 1 is 1.38 bits per heavy atom. The van der Waals surface area contributed by atoms with Crippen LogP contribution in [0.3, 0.4) is 0 Å². The molecule has 0 aliphatic heterocycles. The number of benzene rings is 1. The lowest BCUT2D eigenvalue weighted by atomic mass is 10.2. The summed E-state index contributed by atoms with van der Waals surface area (Å²) in [6, 6.07) is 5.23. The Hall–Kier alpha value is -1.39. The van der Waals surface area contributed by atoms with Crippen molar-refractivity contribution in [2.24, 2.45) is 0 Å². The van der Waals surface area contributed by atoms with E-state index in [0.717, 1.165) is 5.56 Å². The molecular weight excluding hydrogens is 249 g/mol. The molecule has 0 saturated heterocycles. The van der Waals surface area contributed by atoms with Gasteiger partial charge in [-0.3, -0.25) is 4.79 Å². The van der Waals surface area contributed by atoms with E-state index in [2.05, 4.69) is 10.3 Å². The van der Waals surface area contributed by atoms with Gasteiger partial charge in [-0.1, -0.05) is 34.5 Å². The minimum Gasteiger partial charge on any atom is -0.296 e. The van der Waals surface area contributed by atoms with E-state index >= 15 is 0 Å². The first-order valence-electron chi connectivity index (χ1n) is 4.48. The normalized spacial score (nSPS) is 10.4. The van der Waals surface area contributed by atoms with E-state index in [1.807, 2.05) is 6.07 Å². The fourth-order valence-electron chi connectivity index (χ4n) is 1.27. The Balaban J connectivity index is 2.23. The van der Waals surface area contributed by atoms with Crippen LogP contribution in [-0.4, -0.2) is 21.3 Å². The van der Waals surface area contributed by atoms with Crippen molar-refractivity contribution in [2.45, 2.75) is 6.54 Å². The van der Waals surface area contributed by atoms with E-state index in [-0.39, 0.29) is 0 Å². The number of rotatable bonds is 3. The molecule has 4 nitrogen and oxygen atoms in total. The maximum atomic E-state index is 10.4. The Morgan fingerprint density at radius 2 is 2.19 bits per heavy atom. The highest BCUT2D eigenvalue weighted by Crippen LogP contribution is 2.21. The lowest BCUT2D eigenvalue weighted by Gasteiger charge is -2.03. The van der Waals surface area contributed by atoms with Gasteiger partial charge in [-0.05, 0) is 17.7 Å². The summed E-state index contributed by atoms with van der Waals surface area (Å²) in [5.41, 5.74) is 1.17. The molecule has 0 radical (unpaired) electrons. The van der Waals surface area contributed by atoms with Gasteiger partial charge in [-0.15, -0.1) is 5.10 Å². The summed E-state index contributed by atoms with van der Waals surface area (Å²) in [6.45, 7) is 0.455. The van der Waals surface area contributed by atoms with Crippen molar-refractivity contribution in [3.63, 3.8) is 0 Å². The summed E-state index contributed by atoms with van der Waals surface area (Å²) in [5, 5.41) is 8.59. The molecular formula is C10H7Cl2N3O. The average molecular weight is 256 g/mol. The molecule has 2 aromatic rings. The van der Waals surface area contributed by atoms with E-state index in [9.17, 15) is 4.79 Å². The average Bonchev–Trinajstić information content (AvgIpc) is 2.70. The number of carbonyl (C=O) groups excluding carboxylic acids is 1. The maximum absolute atomic E-state index is 10.4. The smallest absolute Gasteiger partial charge is 0.171 e. The van der Waals surface area contributed by atoms with Gasteiger partial charge in [0.2, 0.25) is 0 Å². The van der Waals surface area contributed by atoms with Crippen molar-refractivity contribution in [1.82, 2.24) is 15.0 Å². The third-order valence-corrected chi connectivity index (χ3v) is 2.61. The maximum Gasteiger partial charge on any atom is 0.171 e. The Morgan fingerprint density at radius 3 is 2.81 bits per heavy atom. The van der Waals surface area contributed by atoms with E-state index in [1.165, 1.54) is 0 Å². The van der Waals surface area contributed by atoms with Crippen LogP contribution < -0.4 is 0 Å². The second kappa shape index (κ2) is 4.63. The van der Waals surface area contributed by atoms with Gasteiger partial charge in [-0.2, -0.15) is 0 Å². The fourth-order valence-corrected chi connectivity index (χ4v) is 1.74. The van der Waals surface area contributed by atoms with E-state index in [0.29, 0.717) is 28.6 Å². The topological polar surface area (TPSA) is 47.8 Å². The van der Waals surface area contributed by atoms with Crippen molar-refractivity contribution in [2.75, 3.05) is 0 Å². The van der Waals surface area contributed by atoms with Crippen LogP contribution >= 0.6 is 23.2 Å². The van der Waals surface area contributed by atoms with Crippen LogP contribution in [0.5, 0.6) is 0 Å². The third kappa shape index (κ3) is 2.40. The second-order valence-electron chi connectivity index (χ2n) is 3.19. The number of aromatic nitrogens is 3. The number of hydrogen-bond acceptors (Lipinski definition) is 3. The summed E-state index contributed by atoms with van der Waals surface area (Å²) < 4.78 is 1.54. The molecule has 2 rings (SSSR count). The van der Waals surface area contributed by atoms with Gasteiger partial charge in [0.05, 0.1) is 12.7 Å². The van der Waals surface area contributed by atoms with Crippen LogP contribution in [0.15, 0.2) is 24.4 Å². The predicted octanol–water partition coefficient (Wildman–Crippen LogP) is 2.45. The Labute approximate surface area is 102 Å². The van der Waals surface area contributed by atoms with Crippen molar-refractivity contribution >= 4 is 29.5 Å². The van der Waals surface area contributed by atoms with Gasteiger partial charge >= 0.3 is 0 Å². The molecule has 0 aliphatic rings. The van der Waals surface area contributed by atoms with Crippen LogP contribution in [0, 0.1) is 0 Å². The van der Waals surface area contributed by atoms with Gasteiger partial charge in [0.1, 0.15) is 5.69 Å². The van der Waals surface area contributed by atoms with Crippen molar-refractivity contribution < 1.29 is 4.79 Å². The van der Waals surface area contributed by atoms with Crippen LogP contribution in [0.25, 0.3) is 0 Å². The lowest BCUT2D eigenvalue weighted by molar-refractivity contribution is 0.111. The summed E-state index contributed by atoms with van der Waals surface area (Å²) in [5.74, 6) is 0. The highest BCUT2D eigenvalue weighted by atomic mass is 35.5. The zero-order chi connectivity index (χ0) is 11.5. The number of carbonyl (C=O) groups is 1. The minimum atomic E-state index is 0.296. The van der Waals surface area contributed by atoms with Gasteiger partial charge in [0.15, 0.2) is 6.29 Å². The molecule has 1 heterocycles. The highest BCUT2D eigenvalue weighted by Gasteiger charge is 2.04. The highest BCUT2D eigenvalue weighted by molar-refractivity contribution is 6.35. The van der Waals surface area contributed by atoms with Gasteiger partial charge in [-0.25, -0.2) is 4.68 Å². The first-order valence-corrected chi connectivity index (χ1v) is 5.24. The molecule has 16 heavy (non-hydrogen) atoms. The number of hydrogen-bond donors (Lipinski definition) is 0. The number of halogens is 2. The summed E-state index contributed by atoms with van der Waals surface area (Å²) in [4.78, 5) is 10.4. The van der Waals surface area contributed by atoms with Crippen molar-refractivity contribution in [3.8, 4) is 0 Å². The minimum absolute atomic E-state index is 0.296. The predicted molar refractivity (Wildman–Crippen MR) is 61.0 cm³/mol. The van der Waals surface area contributed by atoms with Gasteiger partial charge in [0.25, 0.3) is 0 Å². The first-order chi connectivity index (χ1) is 7.69. The zero-order valence-corrected chi connectivity index (χ0v) is 9.61. The summed E-state index contributed by atoms with van der Waals surface area (Å²) in [7, 11) is 0. The first kappa shape index (κ1) is 11.1. The zero-order valence-electron chi connectivity index (χ0n) is 8.10. The Bertz CT molecular complexity index is 525. The van der Waals surface area contributed by atoms with Crippen LogP contribution in [0.2, 0.25) is 10.0 Å². The quantitative estimate of drug-likeness (QED) is 0.792. The second-order valence-corrected chi connectivity index (χ2v) is 4.04. The van der Waals surface area contributed by atoms with E-state index in [1.54, 1.807) is 23.0 Å². The standard InChI is InChI=1S/C10H7Cl2N3O/c11-8-2-1-7(10(12)3-8)4-15-5-9(6-16)13-14-15/h1-3,5-6H,4H2. The van der Waals surface area contributed by atoms with Crippen molar-refractivity contribution in [3.05, 3.63) is 45.7 Å². The molecule has 0 amide bonds. The molecule has 0 spiro atoms. The van der Waals surface area contributed by atoms with E-state index in [4.69, 9.17) is 23.2 Å². The summed E-state index contributed by atoms with van der Waals surface area (Å²) >= 11 is 11.8. The molecule has 0 bridgehead atoms. The number of aldehydes is 1.